The molecule has 6 heteroatoms. The van der Waals surface area contributed by atoms with E-state index in [1.807, 2.05) is 47.9 Å². The molecular formula is C17H15BrN4O. The number of nitrogens with one attached hydrogen (secondary N) is 1. The van der Waals surface area contributed by atoms with Gasteiger partial charge in [0.1, 0.15) is 6.33 Å². The summed E-state index contributed by atoms with van der Waals surface area (Å²) in [6, 6.07) is 14.8. The van der Waals surface area contributed by atoms with Crippen molar-refractivity contribution in [1.29, 1.82) is 0 Å². The van der Waals surface area contributed by atoms with Crippen LogP contribution in [0.5, 0.6) is 0 Å². The first kappa shape index (κ1) is 15.4. The third-order valence-electron chi connectivity index (χ3n) is 3.44. The molecule has 0 radical (unpaired) electrons. The maximum Gasteiger partial charge on any atom is 0.255 e. The number of halogens is 1. The fraction of sp³-hybridized carbons (Fsp3) is 0.118. The number of aryl methyl sites for hydroxylation is 1. The summed E-state index contributed by atoms with van der Waals surface area (Å²) >= 11 is 3.36. The van der Waals surface area contributed by atoms with Crippen LogP contribution in [0.3, 0.4) is 0 Å². The molecule has 1 N–H and O–H groups in total. The molecule has 2 aromatic carbocycles. The van der Waals surface area contributed by atoms with Crippen molar-refractivity contribution < 1.29 is 4.79 Å². The Hall–Kier alpha value is -2.47. The highest BCUT2D eigenvalue weighted by atomic mass is 79.9. The molecule has 0 unspecified atom stereocenters. The molecule has 0 aliphatic heterocycles. The Morgan fingerprint density at radius 2 is 2.00 bits per heavy atom. The van der Waals surface area contributed by atoms with Crippen LogP contribution in [-0.2, 0) is 6.54 Å². The molecule has 3 rings (SSSR count). The van der Waals surface area contributed by atoms with Crippen LogP contribution in [0.25, 0.3) is 11.4 Å². The lowest BCUT2D eigenvalue weighted by Crippen LogP contribution is -2.11. The van der Waals surface area contributed by atoms with Crippen LogP contribution in [0.1, 0.15) is 17.3 Å². The molecule has 1 amide bonds. The average Bonchev–Trinajstić information content (AvgIpc) is 3.04. The van der Waals surface area contributed by atoms with Gasteiger partial charge in [0.15, 0.2) is 5.82 Å². The van der Waals surface area contributed by atoms with Gasteiger partial charge in [-0.2, -0.15) is 0 Å². The van der Waals surface area contributed by atoms with Gasteiger partial charge in [0.2, 0.25) is 0 Å². The lowest BCUT2D eigenvalue weighted by atomic mass is 10.1. The number of amides is 1. The molecular weight excluding hydrogens is 356 g/mol. The molecule has 1 heterocycles. The summed E-state index contributed by atoms with van der Waals surface area (Å²) in [6.07, 6.45) is 1.70. The van der Waals surface area contributed by atoms with Crippen LogP contribution in [0.2, 0.25) is 0 Å². The zero-order valence-electron chi connectivity index (χ0n) is 12.5. The number of aromatic nitrogens is 3. The van der Waals surface area contributed by atoms with E-state index >= 15 is 0 Å². The fourth-order valence-corrected chi connectivity index (χ4v) is 2.51. The van der Waals surface area contributed by atoms with Gasteiger partial charge >= 0.3 is 0 Å². The van der Waals surface area contributed by atoms with Gasteiger partial charge in [0.25, 0.3) is 5.91 Å². The van der Waals surface area contributed by atoms with Crippen LogP contribution in [-0.4, -0.2) is 20.7 Å². The second-order valence-electron chi connectivity index (χ2n) is 4.98. The first-order chi connectivity index (χ1) is 11.2. The number of hydrogen-bond acceptors (Lipinski definition) is 3. The first-order valence-corrected chi connectivity index (χ1v) is 8.02. The molecule has 0 saturated carbocycles. The van der Waals surface area contributed by atoms with Crippen molar-refractivity contribution in [1.82, 2.24) is 14.8 Å². The summed E-state index contributed by atoms with van der Waals surface area (Å²) < 4.78 is 2.89. The quantitative estimate of drug-likeness (QED) is 0.755. The zero-order valence-corrected chi connectivity index (χ0v) is 14.1. The smallest absolute Gasteiger partial charge is 0.255 e. The van der Waals surface area contributed by atoms with E-state index in [0.29, 0.717) is 5.56 Å². The van der Waals surface area contributed by atoms with Gasteiger partial charge in [-0.1, -0.05) is 28.1 Å². The van der Waals surface area contributed by atoms with E-state index in [1.165, 1.54) is 0 Å². The number of carbonyl (C=O) groups excluding carboxylic acids is 1. The van der Waals surface area contributed by atoms with Crippen LogP contribution in [0.15, 0.2) is 59.3 Å². The van der Waals surface area contributed by atoms with Crippen LogP contribution in [0, 0.1) is 0 Å². The van der Waals surface area contributed by atoms with Gasteiger partial charge in [0, 0.05) is 27.8 Å². The minimum Gasteiger partial charge on any atom is -0.322 e. The van der Waals surface area contributed by atoms with Gasteiger partial charge < -0.3 is 9.88 Å². The van der Waals surface area contributed by atoms with Gasteiger partial charge in [-0.3, -0.25) is 4.79 Å². The molecule has 23 heavy (non-hydrogen) atoms. The standard InChI is InChI=1S/C17H15BrN4O/c1-2-22-11-19-21-16(22)13-4-3-5-15(10-13)20-17(23)12-6-8-14(18)9-7-12/h3-11H,2H2,1H3,(H,20,23). The maximum atomic E-state index is 12.3. The molecule has 0 fully saturated rings. The van der Waals surface area contributed by atoms with Gasteiger partial charge in [0.05, 0.1) is 0 Å². The molecule has 3 aromatic rings. The normalized spacial score (nSPS) is 10.5. The highest BCUT2D eigenvalue weighted by molar-refractivity contribution is 9.10. The third-order valence-corrected chi connectivity index (χ3v) is 3.97. The van der Waals surface area contributed by atoms with Gasteiger partial charge in [-0.25, -0.2) is 0 Å². The number of nitrogens with zero attached hydrogens (tertiary/aromatic N) is 3. The molecule has 1 aromatic heterocycles. The van der Waals surface area contributed by atoms with E-state index < -0.39 is 0 Å². The predicted octanol–water partition coefficient (Wildman–Crippen LogP) is 3.98. The predicted molar refractivity (Wildman–Crippen MR) is 93.2 cm³/mol. The van der Waals surface area contributed by atoms with Gasteiger partial charge in [-0.05, 0) is 43.3 Å². The van der Waals surface area contributed by atoms with Crippen molar-refractivity contribution in [3.8, 4) is 11.4 Å². The monoisotopic (exact) mass is 370 g/mol. The zero-order chi connectivity index (χ0) is 16.2. The minimum absolute atomic E-state index is 0.147. The van der Waals surface area contributed by atoms with Crippen molar-refractivity contribution in [2.24, 2.45) is 0 Å². The van der Waals surface area contributed by atoms with Crippen molar-refractivity contribution in [2.75, 3.05) is 5.32 Å². The van der Waals surface area contributed by atoms with Crippen LogP contribution < -0.4 is 5.32 Å². The average molecular weight is 371 g/mol. The Labute approximate surface area is 142 Å². The van der Waals surface area contributed by atoms with E-state index in [0.717, 1.165) is 28.1 Å². The third kappa shape index (κ3) is 3.48. The van der Waals surface area contributed by atoms with Crippen molar-refractivity contribution in [2.45, 2.75) is 13.5 Å². The fourth-order valence-electron chi connectivity index (χ4n) is 2.25. The summed E-state index contributed by atoms with van der Waals surface area (Å²) in [5.41, 5.74) is 2.24. The number of hydrogen-bond donors (Lipinski definition) is 1. The Kier molecular flexibility index (Phi) is 4.52. The topological polar surface area (TPSA) is 59.8 Å². The van der Waals surface area contributed by atoms with E-state index in [-0.39, 0.29) is 5.91 Å². The van der Waals surface area contributed by atoms with Gasteiger partial charge in [-0.15, -0.1) is 10.2 Å². The number of benzene rings is 2. The largest absolute Gasteiger partial charge is 0.322 e. The lowest BCUT2D eigenvalue weighted by Gasteiger charge is -2.08. The van der Waals surface area contributed by atoms with Crippen molar-refractivity contribution in [3.63, 3.8) is 0 Å². The summed E-state index contributed by atoms with van der Waals surface area (Å²) in [5.74, 6) is 0.638. The summed E-state index contributed by atoms with van der Waals surface area (Å²) in [7, 11) is 0. The molecule has 0 atom stereocenters. The second kappa shape index (κ2) is 6.75. The minimum atomic E-state index is -0.147. The Morgan fingerprint density at radius 3 is 2.74 bits per heavy atom. The van der Waals surface area contributed by atoms with E-state index in [4.69, 9.17) is 0 Å². The van der Waals surface area contributed by atoms with E-state index in [1.54, 1.807) is 18.5 Å². The summed E-state index contributed by atoms with van der Waals surface area (Å²) in [5, 5.41) is 11.0. The van der Waals surface area contributed by atoms with Crippen molar-refractivity contribution >= 4 is 27.5 Å². The van der Waals surface area contributed by atoms with Crippen LogP contribution in [0.4, 0.5) is 5.69 Å². The highest BCUT2D eigenvalue weighted by Gasteiger charge is 2.09. The van der Waals surface area contributed by atoms with E-state index in [2.05, 4.69) is 31.4 Å². The van der Waals surface area contributed by atoms with Crippen LogP contribution >= 0.6 is 15.9 Å². The molecule has 0 aliphatic carbocycles. The highest BCUT2D eigenvalue weighted by Crippen LogP contribution is 2.21. The summed E-state index contributed by atoms with van der Waals surface area (Å²) in [4.78, 5) is 12.3. The molecule has 0 aliphatic rings. The molecule has 5 nitrogen and oxygen atoms in total. The molecule has 0 bridgehead atoms. The first-order valence-electron chi connectivity index (χ1n) is 7.22. The Balaban J connectivity index is 1.83. The Morgan fingerprint density at radius 1 is 1.22 bits per heavy atom. The maximum absolute atomic E-state index is 12.3. The van der Waals surface area contributed by atoms with Crippen molar-refractivity contribution in [3.05, 3.63) is 64.9 Å². The molecule has 0 spiro atoms. The SMILES string of the molecule is CCn1cnnc1-c1cccc(NC(=O)c2ccc(Br)cc2)c1. The number of carbonyl (C=O) groups is 1. The number of rotatable bonds is 4. The van der Waals surface area contributed by atoms with E-state index in [9.17, 15) is 4.79 Å². The molecule has 116 valence electrons. The lowest BCUT2D eigenvalue weighted by molar-refractivity contribution is 0.102. The second-order valence-corrected chi connectivity index (χ2v) is 5.90. The number of anilines is 1. The Bertz CT molecular complexity index is 827. The summed E-state index contributed by atoms with van der Waals surface area (Å²) in [6.45, 7) is 2.82. The molecule has 0 saturated heterocycles.